The molecule has 0 atom stereocenters. The number of alkyl halides is 3. The van der Waals surface area contributed by atoms with Crippen LogP contribution in [0.4, 0.5) is 28.9 Å². The molecule has 1 saturated carbocycles. The van der Waals surface area contributed by atoms with Gasteiger partial charge >= 0.3 is 12.1 Å². The van der Waals surface area contributed by atoms with Gasteiger partial charge in [0.25, 0.3) is 0 Å². The number of hydrogen-bond donors (Lipinski definition) is 2. The summed E-state index contributed by atoms with van der Waals surface area (Å²) in [5.41, 5.74) is 2.60. The Morgan fingerprint density at radius 1 is 1.43 bits per heavy atom. The van der Waals surface area contributed by atoms with E-state index in [4.69, 9.17) is 10.5 Å². The molecular formula is C13H14F4N2O2. The van der Waals surface area contributed by atoms with Gasteiger partial charge in [-0.05, 0) is 31.9 Å². The number of nitrogens with one attached hydrogen (secondary N) is 1. The molecule has 21 heavy (non-hydrogen) atoms. The van der Waals surface area contributed by atoms with Crippen molar-refractivity contribution in [1.29, 1.82) is 0 Å². The Morgan fingerprint density at radius 2 is 2.05 bits per heavy atom. The van der Waals surface area contributed by atoms with Crippen LogP contribution in [0.2, 0.25) is 0 Å². The van der Waals surface area contributed by atoms with Crippen molar-refractivity contribution < 1.29 is 27.1 Å². The third-order valence-electron chi connectivity index (χ3n) is 3.30. The fraction of sp³-hybridized carbons (Fsp3) is 0.462. The second kappa shape index (κ2) is 5.09. The molecule has 4 nitrogen and oxygen atoms in total. The van der Waals surface area contributed by atoms with Crippen LogP contribution in [-0.4, -0.2) is 24.3 Å². The summed E-state index contributed by atoms with van der Waals surface area (Å²) in [6.07, 6.45) is -4.78. The second-order valence-corrected chi connectivity index (χ2v) is 4.84. The van der Waals surface area contributed by atoms with E-state index in [1.54, 1.807) is 6.92 Å². The van der Waals surface area contributed by atoms with Crippen LogP contribution in [0.1, 0.15) is 30.1 Å². The number of esters is 1. The average Bonchev–Trinajstić information content (AvgIpc) is 3.13. The first-order valence-corrected chi connectivity index (χ1v) is 6.31. The van der Waals surface area contributed by atoms with E-state index in [1.807, 2.05) is 0 Å². The minimum Gasteiger partial charge on any atom is -0.462 e. The predicted molar refractivity (Wildman–Crippen MR) is 68.4 cm³/mol. The Bertz CT molecular complexity index is 568. The molecule has 116 valence electrons. The van der Waals surface area contributed by atoms with Gasteiger partial charge < -0.3 is 15.8 Å². The van der Waals surface area contributed by atoms with E-state index in [-0.39, 0.29) is 30.7 Å². The Labute approximate surface area is 118 Å². The zero-order valence-corrected chi connectivity index (χ0v) is 11.2. The van der Waals surface area contributed by atoms with E-state index in [0.717, 1.165) is 12.1 Å². The third-order valence-corrected chi connectivity index (χ3v) is 3.30. The molecule has 0 saturated heterocycles. The van der Waals surface area contributed by atoms with E-state index >= 15 is 0 Å². The maximum Gasteiger partial charge on any atom is 0.411 e. The standard InChI is InChI=1S/C13H14F4N2O2/c1-2-21-11(20)7-5-10(8(14)6-9(7)18)19-12(3-4-12)13(15,16)17/h5-6,19H,2-4,18H2,1H3. The maximum atomic E-state index is 13.8. The lowest BCUT2D eigenvalue weighted by Gasteiger charge is -2.22. The molecule has 0 radical (unpaired) electrons. The molecular weight excluding hydrogens is 292 g/mol. The summed E-state index contributed by atoms with van der Waals surface area (Å²) in [7, 11) is 0. The number of hydrogen-bond acceptors (Lipinski definition) is 4. The number of ether oxygens (including phenoxy) is 1. The number of benzene rings is 1. The minimum atomic E-state index is -4.50. The summed E-state index contributed by atoms with van der Waals surface area (Å²) >= 11 is 0. The maximum absolute atomic E-state index is 13.8. The first kappa shape index (κ1) is 15.4. The largest absolute Gasteiger partial charge is 0.462 e. The van der Waals surface area contributed by atoms with Crippen molar-refractivity contribution in [3.63, 3.8) is 0 Å². The van der Waals surface area contributed by atoms with Crippen LogP contribution in [0, 0.1) is 5.82 Å². The van der Waals surface area contributed by atoms with E-state index in [2.05, 4.69) is 5.32 Å². The van der Waals surface area contributed by atoms with Crippen molar-refractivity contribution in [2.45, 2.75) is 31.5 Å². The molecule has 2 rings (SSSR count). The lowest BCUT2D eigenvalue weighted by molar-refractivity contribution is -0.151. The minimum absolute atomic E-state index is 0.0743. The van der Waals surface area contributed by atoms with E-state index < -0.39 is 29.2 Å². The van der Waals surface area contributed by atoms with Gasteiger partial charge in [-0.2, -0.15) is 13.2 Å². The highest BCUT2D eigenvalue weighted by atomic mass is 19.4. The molecule has 1 aromatic carbocycles. The zero-order chi connectivity index (χ0) is 15.8. The topological polar surface area (TPSA) is 64.3 Å². The zero-order valence-electron chi connectivity index (χ0n) is 11.2. The predicted octanol–water partition coefficient (Wildman–Crippen LogP) is 3.09. The van der Waals surface area contributed by atoms with Crippen LogP contribution in [0.25, 0.3) is 0 Å². The van der Waals surface area contributed by atoms with Crippen LogP contribution in [0.3, 0.4) is 0 Å². The molecule has 1 aliphatic carbocycles. The van der Waals surface area contributed by atoms with E-state index in [0.29, 0.717) is 0 Å². The lowest BCUT2D eigenvalue weighted by Crippen LogP contribution is -2.39. The summed E-state index contributed by atoms with van der Waals surface area (Å²) in [6.45, 7) is 1.64. The van der Waals surface area contributed by atoms with Gasteiger partial charge in [0, 0.05) is 5.69 Å². The summed E-state index contributed by atoms with van der Waals surface area (Å²) in [5.74, 6) is -1.76. The molecule has 0 spiro atoms. The monoisotopic (exact) mass is 306 g/mol. The van der Waals surface area contributed by atoms with Crippen LogP contribution in [-0.2, 0) is 4.74 Å². The number of nitrogen functional groups attached to an aromatic ring is 1. The van der Waals surface area contributed by atoms with E-state index in [9.17, 15) is 22.4 Å². The fourth-order valence-corrected chi connectivity index (χ4v) is 1.93. The average molecular weight is 306 g/mol. The quantitative estimate of drug-likeness (QED) is 0.510. The Kier molecular flexibility index (Phi) is 3.73. The molecule has 0 bridgehead atoms. The molecule has 8 heteroatoms. The van der Waals surface area contributed by atoms with Crippen molar-refractivity contribution in [1.82, 2.24) is 0 Å². The van der Waals surface area contributed by atoms with Crippen LogP contribution < -0.4 is 11.1 Å². The first-order valence-electron chi connectivity index (χ1n) is 6.31. The molecule has 0 heterocycles. The smallest absolute Gasteiger partial charge is 0.411 e. The van der Waals surface area contributed by atoms with Crippen molar-refractivity contribution in [3.05, 3.63) is 23.5 Å². The van der Waals surface area contributed by atoms with Crippen molar-refractivity contribution >= 4 is 17.3 Å². The number of carbonyl (C=O) groups is 1. The van der Waals surface area contributed by atoms with Gasteiger partial charge in [-0.25, -0.2) is 9.18 Å². The number of rotatable bonds is 4. The van der Waals surface area contributed by atoms with Crippen molar-refractivity contribution in [2.75, 3.05) is 17.7 Å². The highest BCUT2D eigenvalue weighted by Gasteiger charge is 2.63. The number of nitrogens with two attached hydrogens (primary N) is 1. The van der Waals surface area contributed by atoms with Crippen molar-refractivity contribution in [2.24, 2.45) is 0 Å². The molecule has 0 unspecified atom stereocenters. The van der Waals surface area contributed by atoms with Gasteiger partial charge in [0.2, 0.25) is 0 Å². The highest BCUT2D eigenvalue weighted by molar-refractivity contribution is 5.96. The Hall–Kier alpha value is -1.99. The molecule has 0 aliphatic heterocycles. The van der Waals surface area contributed by atoms with Gasteiger partial charge in [-0.3, -0.25) is 0 Å². The SMILES string of the molecule is CCOC(=O)c1cc(NC2(C(F)(F)F)CC2)c(F)cc1N. The van der Waals surface area contributed by atoms with E-state index in [1.165, 1.54) is 0 Å². The van der Waals surface area contributed by atoms with Gasteiger partial charge in [0.15, 0.2) is 0 Å². The molecule has 1 fully saturated rings. The second-order valence-electron chi connectivity index (χ2n) is 4.84. The first-order chi connectivity index (χ1) is 9.70. The van der Waals surface area contributed by atoms with Gasteiger partial charge in [-0.15, -0.1) is 0 Å². The number of anilines is 2. The molecule has 1 aliphatic rings. The summed E-state index contributed by atoms with van der Waals surface area (Å²) in [4.78, 5) is 11.6. The molecule has 3 N–H and O–H groups in total. The highest BCUT2D eigenvalue weighted by Crippen LogP contribution is 2.51. The number of carbonyl (C=O) groups excluding carboxylic acids is 1. The molecule has 0 aromatic heterocycles. The van der Waals surface area contributed by atoms with Crippen LogP contribution in [0.5, 0.6) is 0 Å². The van der Waals surface area contributed by atoms with Gasteiger partial charge in [0.05, 0.1) is 17.9 Å². The third kappa shape index (κ3) is 2.88. The summed E-state index contributed by atoms with van der Waals surface area (Å²) in [6, 6.07) is 1.76. The Balaban J connectivity index is 2.32. The normalized spacial score (nSPS) is 16.4. The van der Waals surface area contributed by atoms with Gasteiger partial charge in [-0.1, -0.05) is 0 Å². The molecule has 1 aromatic rings. The number of halogens is 4. The van der Waals surface area contributed by atoms with Crippen LogP contribution >= 0.6 is 0 Å². The summed E-state index contributed by atoms with van der Waals surface area (Å²) < 4.78 is 57.1. The Morgan fingerprint density at radius 3 is 2.52 bits per heavy atom. The lowest BCUT2D eigenvalue weighted by atomic mass is 10.1. The summed E-state index contributed by atoms with van der Waals surface area (Å²) in [5, 5.41) is 2.14. The van der Waals surface area contributed by atoms with Crippen LogP contribution in [0.15, 0.2) is 12.1 Å². The fourth-order valence-electron chi connectivity index (χ4n) is 1.93. The van der Waals surface area contributed by atoms with Crippen molar-refractivity contribution in [3.8, 4) is 0 Å². The molecule has 0 amide bonds. The van der Waals surface area contributed by atoms with Gasteiger partial charge in [0.1, 0.15) is 11.4 Å².